The lowest BCUT2D eigenvalue weighted by Gasteiger charge is -1.97. The molecule has 0 aliphatic rings. The lowest BCUT2D eigenvalue weighted by atomic mass is 10.1. The highest BCUT2D eigenvalue weighted by atomic mass is 14.0. The van der Waals surface area contributed by atoms with Crippen LogP contribution in [0.1, 0.15) is 42.5 Å². The molecular weight excluding hydrogens is 276 g/mol. The monoisotopic (exact) mass is 298 g/mol. The van der Waals surface area contributed by atoms with Crippen molar-refractivity contribution in [3.63, 3.8) is 0 Å². The molecule has 0 nitrogen and oxygen atoms in total. The van der Waals surface area contributed by atoms with E-state index in [0.717, 1.165) is 24.0 Å². The fourth-order valence-corrected chi connectivity index (χ4v) is 2.20. The quantitative estimate of drug-likeness (QED) is 0.687. The van der Waals surface area contributed by atoms with Crippen LogP contribution in [0, 0.1) is 23.7 Å². The average Bonchev–Trinajstić information content (AvgIpc) is 2.60. The van der Waals surface area contributed by atoms with Crippen LogP contribution in [0.25, 0.3) is 0 Å². The van der Waals surface area contributed by atoms with Gasteiger partial charge in [0.25, 0.3) is 0 Å². The van der Waals surface area contributed by atoms with Crippen LogP contribution in [0.4, 0.5) is 0 Å². The molecule has 0 aliphatic heterocycles. The fraction of sp³-hybridized carbons (Fsp3) is 0.217. The molecular formula is C23H22. The van der Waals surface area contributed by atoms with E-state index >= 15 is 0 Å². The minimum absolute atomic E-state index is 1.03. The molecule has 0 saturated heterocycles. The first-order valence-electron chi connectivity index (χ1n) is 8.17. The van der Waals surface area contributed by atoms with Gasteiger partial charge in [-0.1, -0.05) is 68.2 Å². The minimum atomic E-state index is 1.03. The normalized spacial score (nSPS) is 9.83. The van der Waals surface area contributed by atoms with Crippen LogP contribution in [0.5, 0.6) is 0 Å². The molecule has 114 valence electrons. The van der Waals surface area contributed by atoms with Crippen molar-refractivity contribution in [1.29, 1.82) is 0 Å². The molecule has 0 bridgehead atoms. The SMILES string of the molecule is CCCc1ccc(C#C/C=C/C#Cc2ccc(CC)cc2)cc1. The molecule has 2 aromatic carbocycles. The van der Waals surface area contributed by atoms with Gasteiger partial charge in [-0.3, -0.25) is 0 Å². The summed E-state index contributed by atoms with van der Waals surface area (Å²) < 4.78 is 0. The lowest BCUT2D eigenvalue weighted by Crippen LogP contribution is -1.82. The molecule has 0 aliphatic carbocycles. The molecule has 0 amide bonds. The van der Waals surface area contributed by atoms with E-state index < -0.39 is 0 Å². The number of allylic oxidation sites excluding steroid dienone is 2. The van der Waals surface area contributed by atoms with Crippen LogP contribution in [-0.2, 0) is 12.8 Å². The Morgan fingerprint density at radius 1 is 0.696 bits per heavy atom. The summed E-state index contributed by atoms with van der Waals surface area (Å²) in [5, 5.41) is 0. The van der Waals surface area contributed by atoms with Gasteiger partial charge in [-0.05, 0) is 60.4 Å². The van der Waals surface area contributed by atoms with Gasteiger partial charge in [0.2, 0.25) is 0 Å². The molecule has 0 aromatic heterocycles. The molecule has 0 radical (unpaired) electrons. The van der Waals surface area contributed by atoms with Crippen molar-refractivity contribution in [1.82, 2.24) is 0 Å². The van der Waals surface area contributed by atoms with Gasteiger partial charge in [-0.25, -0.2) is 0 Å². The van der Waals surface area contributed by atoms with E-state index in [9.17, 15) is 0 Å². The van der Waals surface area contributed by atoms with Crippen molar-refractivity contribution < 1.29 is 0 Å². The second kappa shape index (κ2) is 9.34. The zero-order valence-electron chi connectivity index (χ0n) is 13.9. The van der Waals surface area contributed by atoms with Crippen molar-refractivity contribution in [2.24, 2.45) is 0 Å². The highest BCUT2D eigenvalue weighted by molar-refractivity contribution is 5.41. The van der Waals surface area contributed by atoms with Crippen molar-refractivity contribution >= 4 is 0 Å². The van der Waals surface area contributed by atoms with Crippen molar-refractivity contribution in [3.05, 3.63) is 82.9 Å². The highest BCUT2D eigenvalue weighted by Crippen LogP contribution is 2.05. The molecule has 0 N–H and O–H groups in total. The Balaban J connectivity index is 1.91. The summed E-state index contributed by atoms with van der Waals surface area (Å²) in [6.07, 6.45) is 6.96. The third-order valence-corrected chi connectivity index (χ3v) is 3.54. The molecule has 23 heavy (non-hydrogen) atoms. The van der Waals surface area contributed by atoms with Crippen LogP contribution >= 0.6 is 0 Å². The van der Waals surface area contributed by atoms with E-state index in [1.807, 2.05) is 0 Å². The van der Waals surface area contributed by atoms with Crippen LogP contribution in [0.2, 0.25) is 0 Å². The summed E-state index contributed by atoms with van der Waals surface area (Å²) in [4.78, 5) is 0. The molecule has 0 fully saturated rings. The zero-order valence-corrected chi connectivity index (χ0v) is 13.9. The summed E-state index contributed by atoms with van der Waals surface area (Å²) in [6, 6.07) is 16.8. The van der Waals surface area contributed by atoms with E-state index in [-0.39, 0.29) is 0 Å². The summed E-state index contributed by atoms with van der Waals surface area (Å²) in [7, 11) is 0. The van der Waals surface area contributed by atoms with E-state index in [0.29, 0.717) is 0 Å². The van der Waals surface area contributed by atoms with Gasteiger partial charge in [0.15, 0.2) is 0 Å². The van der Waals surface area contributed by atoms with Crippen LogP contribution in [0.3, 0.4) is 0 Å². The van der Waals surface area contributed by atoms with Gasteiger partial charge in [-0.2, -0.15) is 0 Å². The second-order valence-corrected chi connectivity index (χ2v) is 5.37. The highest BCUT2D eigenvalue weighted by Gasteiger charge is 1.90. The van der Waals surface area contributed by atoms with Crippen molar-refractivity contribution in [2.75, 3.05) is 0 Å². The first-order valence-corrected chi connectivity index (χ1v) is 8.17. The molecule has 2 aromatic rings. The topological polar surface area (TPSA) is 0 Å². The summed E-state index contributed by atoms with van der Waals surface area (Å²) in [5.41, 5.74) is 4.78. The Labute approximate surface area is 140 Å². The van der Waals surface area contributed by atoms with Gasteiger partial charge in [0, 0.05) is 11.1 Å². The lowest BCUT2D eigenvalue weighted by molar-refractivity contribution is 0.922. The van der Waals surface area contributed by atoms with Crippen LogP contribution in [0.15, 0.2) is 60.7 Å². The van der Waals surface area contributed by atoms with E-state index in [4.69, 9.17) is 0 Å². The van der Waals surface area contributed by atoms with Gasteiger partial charge in [0.05, 0.1) is 0 Å². The standard InChI is InChI=1S/C23H22/c1-3-9-21-16-18-23(19-17-21)11-8-6-5-7-10-22-14-12-20(4-2)13-15-22/h5-6,12-19H,3-4,9H2,1-2H3/b6-5+. The largest absolute Gasteiger partial charge is 0.0689 e. The zero-order chi connectivity index (χ0) is 16.3. The summed E-state index contributed by atoms with van der Waals surface area (Å²) in [5.74, 6) is 12.3. The first kappa shape index (κ1) is 16.7. The molecule has 0 saturated carbocycles. The number of benzene rings is 2. The number of hydrogen-bond donors (Lipinski definition) is 0. The Morgan fingerprint density at radius 3 is 1.61 bits per heavy atom. The van der Waals surface area contributed by atoms with Crippen LogP contribution in [-0.4, -0.2) is 0 Å². The second-order valence-electron chi connectivity index (χ2n) is 5.37. The Morgan fingerprint density at radius 2 is 1.17 bits per heavy atom. The molecule has 2 rings (SSSR count). The molecule has 0 atom stereocenters. The average molecular weight is 298 g/mol. The maximum atomic E-state index is 3.12. The van der Waals surface area contributed by atoms with E-state index in [1.54, 1.807) is 12.2 Å². The molecule has 0 heterocycles. The fourth-order valence-electron chi connectivity index (χ4n) is 2.20. The number of rotatable bonds is 3. The van der Waals surface area contributed by atoms with Gasteiger partial charge >= 0.3 is 0 Å². The third-order valence-electron chi connectivity index (χ3n) is 3.54. The maximum absolute atomic E-state index is 3.12. The predicted molar refractivity (Wildman–Crippen MR) is 99.2 cm³/mol. The van der Waals surface area contributed by atoms with Gasteiger partial charge in [0.1, 0.15) is 0 Å². The van der Waals surface area contributed by atoms with E-state index in [2.05, 4.69) is 86.1 Å². The van der Waals surface area contributed by atoms with Gasteiger partial charge in [-0.15, -0.1) is 0 Å². The Hall–Kier alpha value is -2.70. The number of hydrogen-bond acceptors (Lipinski definition) is 0. The Kier molecular flexibility index (Phi) is 6.77. The maximum Gasteiger partial charge on any atom is 0.0249 e. The summed E-state index contributed by atoms with van der Waals surface area (Å²) in [6.45, 7) is 4.34. The van der Waals surface area contributed by atoms with Gasteiger partial charge < -0.3 is 0 Å². The third kappa shape index (κ3) is 5.90. The Bertz CT molecular complexity index is 751. The van der Waals surface area contributed by atoms with Crippen molar-refractivity contribution in [3.8, 4) is 23.7 Å². The van der Waals surface area contributed by atoms with E-state index in [1.165, 1.54) is 17.5 Å². The number of aryl methyl sites for hydroxylation is 2. The molecule has 0 unspecified atom stereocenters. The smallest absolute Gasteiger partial charge is 0.0249 e. The first-order chi connectivity index (χ1) is 11.3. The molecule has 0 heteroatoms. The molecule has 0 spiro atoms. The van der Waals surface area contributed by atoms with Crippen LogP contribution < -0.4 is 0 Å². The predicted octanol–water partition coefficient (Wildman–Crippen LogP) is 5.16. The summed E-state index contributed by atoms with van der Waals surface area (Å²) >= 11 is 0. The minimum Gasteiger partial charge on any atom is -0.0689 e. The van der Waals surface area contributed by atoms with Crippen molar-refractivity contribution in [2.45, 2.75) is 33.1 Å².